The average molecular weight is 437 g/mol. The number of carbonyl (C=O) groups is 1. The van der Waals surface area contributed by atoms with Crippen molar-refractivity contribution in [2.75, 3.05) is 25.1 Å². The van der Waals surface area contributed by atoms with Crippen molar-refractivity contribution in [2.24, 2.45) is 0 Å². The van der Waals surface area contributed by atoms with Crippen LogP contribution in [0.25, 0.3) is 0 Å². The Morgan fingerprint density at radius 3 is 2.03 bits per heavy atom. The van der Waals surface area contributed by atoms with Crippen molar-refractivity contribution in [1.29, 1.82) is 0 Å². The molecule has 3 rings (SSSR count). The summed E-state index contributed by atoms with van der Waals surface area (Å²) < 4.78 is 22.8. The van der Waals surface area contributed by atoms with E-state index in [0.717, 1.165) is 5.56 Å². The number of ether oxygens (including phenoxy) is 4. The van der Waals surface area contributed by atoms with E-state index in [1.165, 1.54) is 0 Å². The molecule has 1 amide bonds. The molecule has 32 heavy (non-hydrogen) atoms. The van der Waals surface area contributed by atoms with Crippen LogP contribution in [0.2, 0.25) is 0 Å². The van der Waals surface area contributed by atoms with Crippen molar-refractivity contribution in [3.05, 3.63) is 72.1 Å². The lowest BCUT2D eigenvalue weighted by Gasteiger charge is -2.15. The molecule has 1 N–H and O–H groups in total. The lowest BCUT2D eigenvalue weighted by Crippen LogP contribution is -2.12. The Bertz CT molecular complexity index is 1020. The summed E-state index contributed by atoms with van der Waals surface area (Å²) in [5, 5.41) is 2.90. The minimum absolute atomic E-state index is 0.266. The number of hydrogen-bond acceptors (Lipinski definition) is 6. The minimum Gasteiger partial charge on any atom is -0.490 e. The Morgan fingerprint density at radius 1 is 0.750 bits per heavy atom. The van der Waals surface area contributed by atoms with E-state index in [2.05, 4.69) is 10.3 Å². The molecule has 7 nitrogen and oxygen atoms in total. The van der Waals surface area contributed by atoms with Gasteiger partial charge in [0, 0.05) is 29.7 Å². The summed E-state index contributed by atoms with van der Waals surface area (Å²) in [7, 11) is 0. The fraction of sp³-hybridized carbons (Fsp3) is 0.280. The van der Waals surface area contributed by atoms with Crippen LogP contribution in [0.3, 0.4) is 0 Å². The fourth-order valence-corrected chi connectivity index (χ4v) is 3.01. The Balaban J connectivity index is 1.74. The quantitative estimate of drug-likeness (QED) is 0.450. The molecule has 0 radical (unpaired) electrons. The highest BCUT2D eigenvalue weighted by Gasteiger charge is 2.14. The number of pyridine rings is 1. The molecule has 0 saturated heterocycles. The first-order chi connectivity index (χ1) is 15.6. The number of nitrogens with zero attached hydrogens (tertiary/aromatic N) is 1. The Hall–Kier alpha value is -3.74. The molecule has 0 fully saturated rings. The van der Waals surface area contributed by atoms with Gasteiger partial charge in [-0.05, 0) is 68.8 Å². The Kier molecular flexibility index (Phi) is 8.31. The molecular weight excluding hydrogens is 408 g/mol. The molecule has 0 aliphatic rings. The van der Waals surface area contributed by atoms with Crippen LogP contribution in [0.15, 0.2) is 60.9 Å². The van der Waals surface area contributed by atoms with Crippen molar-refractivity contribution in [2.45, 2.75) is 27.4 Å². The molecule has 3 aromatic rings. The number of carbonyl (C=O) groups excluding carboxylic acids is 1. The Labute approximate surface area is 188 Å². The maximum absolute atomic E-state index is 12.9. The predicted octanol–water partition coefficient (Wildman–Crippen LogP) is 5.11. The van der Waals surface area contributed by atoms with Gasteiger partial charge in [0.15, 0.2) is 23.0 Å². The largest absolute Gasteiger partial charge is 0.490 e. The molecule has 168 valence electrons. The van der Waals surface area contributed by atoms with Crippen LogP contribution in [0.5, 0.6) is 23.0 Å². The smallest absolute Gasteiger partial charge is 0.255 e. The first kappa shape index (κ1) is 22.9. The second-order valence-electron chi connectivity index (χ2n) is 6.72. The number of amides is 1. The van der Waals surface area contributed by atoms with Crippen LogP contribution in [0.4, 0.5) is 5.69 Å². The summed E-state index contributed by atoms with van der Waals surface area (Å²) >= 11 is 0. The van der Waals surface area contributed by atoms with Crippen LogP contribution in [-0.2, 0) is 6.61 Å². The second-order valence-corrected chi connectivity index (χ2v) is 6.72. The van der Waals surface area contributed by atoms with Gasteiger partial charge in [0.1, 0.15) is 6.61 Å². The molecule has 1 aromatic heterocycles. The van der Waals surface area contributed by atoms with Gasteiger partial charge in [-0.25, -0.2) is 0 Å². The number of rotatable bonds is 11. The van der Waals surface area contributed by atoms with Crippen molar-refractivity contribution < 1.29 is 23.7 Å². The van der Waals surface area contributed by atoms with E-state index in [0.29, 0.717) is 60.7 Å². The summed E-state index contributed by atoms with van der Waals surface area (Å²) in [6, 6.07) is 14.2. The summed E-state index contributed by atoms with van der Waals surface area (Å²) in [5.41, 5.74) is 2.05. The Morgan fingerprint density at radius 2 is 1.34 bits per heavy atom. The lowest BCUT2D eigenvalue weighted by molar-refractivity contribution is 0.102. The molecule has 0 spiro atoms. The van der Waals surface area contributed by atoms with Crippen molar-refractivity contribution in [1.82, 2.24) is 4.98 Å². The molecule has 0 aliphatic heterocycles. The van der Waals surface area contributed by atoms with Gasteiger partial charge in [-0.15, -0.1) is 0 Å². The molecule has 0 bridgehead atoms. The van der Waals surface area contributed by atoms with E-state index in [9.17, 15) is 4.79 Å². The van der Waals surface area contributed by atoms with Gasteiger partial charge < -0.3 is 24.3 Å². The van der Waals surface area contributed by atoms with E-state index < -0.39 is 0 Å². The first-order valence-corrected chi connectivity index (χ1v) is 10.6. The summed E-state index contributed by atoms with van der Waals surface area (Å²) in [6.45, 7) is 7.54. The van der Waals surface area contributed by atoms with E-state index in [1.54, 1.807) is 48.8 Å². The SMILES string of the molecule is CCOc1ccc(NC(=O)c2ccc(OCc3ccncc3)c(OCC)c2)cc1OCC. The predicted molar refractivity (Wildman–Crippen MR) is 123 cm³/mol. The molecule has 2 aromatic carbocycles. The summed E-state index contributed by atoms with van der Waals surface area (Å²) in [6.07, 6.45) is 3.43. The lowest BCUT2D eigenvalue weighted by atomic mass is 10.1. The minimum atomic E-state index is -0.266. The van der Waals surface area contributed by atoms with Crippen molar-refractivity contribution in [3.8, 4) is 23.0 Å². The summed E-state index contributed by atoms with van der Waals surface area (Å²) in [5.74, 6) is 2.04. The van der Waals surface area contributed by atoms with Gasteiger partial charge in [0.2, 0.25) is 0 Å². The van der Waals surface area contributed by atoms with E-state index in [-0.39, 0.29) is 5.91 Å². The second kappa shape index (κ2) is 11.6. The standard InChI is InChI=1S/C25H28N2O5/c1-4-29-21-10-8-20(16-24(21)31-6-3)27-25(28)19-7-9-22(23(15-19)30-5-2)32-17-18-11-13-26-14-12-18/h7-16H,4-6,17H2,1-3H3,(H,27,28). The first-order valence-electron chi connectivity index (χ1n) is 10.6. The molecule has 0 unspecified atom stereocenters. The number of nitrogens with one attached hydrogen (secondary N) is 1. The monoisotopic (exact) mass is 436 g/mol. The van der Waals surface area contributed by atoms with Crippen LogP contribution in [0.1, 0.15) is 36.7 Å². The van der Waals surface area contributed by atoms with E-state index in [1.807, 2.05) is 32.9 Å². The average Bonchev–Trinajstić information content (AvgIpc) is 2.81. The van der Waals surface area contributed by atoms with Crippen LogP contribution >= 0.6 is 0 Å². The summed E-state index contributed by atoms with van der Waals surface area (Å²) in [4.78, 5) is 16.9. The number of anilines is 1. The number of benzene rings is 2. The zero-order valence-corrected chi connectivity index (χ0v) is 18.6. The zero-order chi connectivity index (χ0) is 22.8. The molecule has 0 saturated carbocycles. The van der Waals surface area contributed by atoms with Gasteiger partial charge in [-0.1, -0.05) is 0 Å². The zero-order valence-electron chi connectivity index (χ0n) is 18.6. The molecular formula is C25H28N2O5. The van der Waals surface area contributed by atoms with Crippen molar-refractivity contribution >= 4 is 11.6 Å². The molecule has 0 atom stereocenters. The highest BCUT2D eigenvalue weighted by molar-refractivity contribution is 6.04. The third kappa shape index (κ3) is 6.14. The van der Waals surface area contributed by atoms with Gasteiger partial charge in [-0.2, -0.15) is 0 Å². The fourth-order valence-electron chi connectivity index (χ4n) is 3.01. The number of aromatic nitrogens is 1. The molecule has 1 heterocycles. The highest BCUT2D eigenvalue weighted by atomic mass is 16.5. The van der Waals surface area contributed by atoms with Crippen molar-refractivity contribution in [3.63, 3.8) is 0 Å². The van der Waals surface area contributed by atoms with Gasteiger partial charge in [0.25, 0.3) is 5.91 Å². The highest BCUT2D eigenvalue weighted by Crippen LogP contribution is 2.32. The van der Waals surface area contributed by atoms with Gasteiger partial charge in [-0.3, -0.25) is 9.78 Å². The maximum Gasteiger partial charge on any atom is 0.255 e. The molecule has 0 aliphatic carbocycles. The number of hydrogen-bond donors (Lipinski definition) is 1. The third-order valence-corrected chi connectivity index (χ3v) is 4.45. The van der Waals surface area contributed by atoms with Gasteiger partial charge >= 0.3 is 0 Å². The normalized spacial score (nSPS) is 10.3. The van der Waals surface area contributed by atoms with E-state index in [4.69, 9.17) is 18.9 Å². The maximum atomic E-state index is 12.9. The van der Waals surface area contributed by atoms with E-state index >= 15 is 0 Å². The van der Waals surface area contributed by atoms with Crippen LogP contribution in [-0.4, -0.2) is 30.7 Å². The van der Waals surface area contributed by atoms with Gasteiger partial charge in [0.05, 0.1) is 19.8 Å². The third-order valence-electron chi connectivity index (χ3n) is 4.45. The van der Waals surface area contributed by atoms with Crippen LogP contribution in [0, 0.1) is 0 Å². The molecule has 7 heteroatoms. The topological polar surface area (TPSA) is 78.9 Å². The van der Waals surface area contributed by atoms with Crippen LogP contribution < -0.4 is 24.3 Å².